The maximum absolute atomic E-state index is 8.81. The van der Waals surface area contributed by atoms with E-state index in [1.165, 1.54) is 0 Å². The molecule has 6 heteroatoms. The molecule has 0 saturated carbocycles. The van der Waals surface area contributed by atoms with Crippen LogP contribution in [0.15, 0.2) is 17.1 Å². The molecule has 10 heavy (non-hydrogen) atoms. The summed E-state index contributed by atoms with van der Waals surface area (Å²) in [5.41, 5.74) is 0. The quantitative estimate of drug-likeness (QED) is 0.593. The summed E-state index contributed by atoms with van der Waals surface area (Å²) in [6, 6.07) is 3.57. The molecule has 0 amide bonds. The van der Waals surface area contributed by atoms with Crippen molar-refractivity contribution in [1.82, 2.24) is 0 Å². The van der Waals surface area contributed by atoms with Crippen molar-refractivity contribution in [3.05, 3.63) is 17.1 Å². The molecule has 3 nitrogen and oxygen atoms in total. The van der Waals surface area contributed by atoms with Crippen LogP contribution < -0.4 is 4.52 Å². The van der Waals surface area contributed by atoms with E-state index in [-0.39, 0.29) is 14.5 Å². The summed E-state index contributed by atoms with van der Waals surface area (Å²) in [5.74, 6) is 0. The third kappa shape index (κ3) is 3.18. The standard InChI is InChI=1S/C4H5O3PSe2/c5-8(6,9)7-4-2-1-3-10-4/h1-3H,(H2,5,6,9). The summed E-state index contributed by atoms with van der Waals surface area (Å²) >= 11 is 2.32. The van der Waals surface area contributed by atoms with Crippen molar-refractivity contribution < 1.29 is 14.3 Å². The van der Waals surface area contributed by atoms with E-state index in [2.05, 4.69) is 15.1 Å². The predicted molar refractivity (Wildman–Crippen MR) is 41.1 cm³/mol. The van der Waals surface area contributed by atoms with Gasteiger partial charge in [-0.05, 0) is 0 Å². The molecule has 0 aliphatic carbocycles. The van der Waals surface area contributed by atoms with Crippen LogP contribution in [0.1, 0.15) is 0 Å². The second-order valence-corrected chi connectivity index (χ2v) is 7.58. The van der Waals surface area contributed by atoms with E-state index < -0.39 is 6.19 Å². The van der Waals surface area contributed by atoms with Gasteiger partial charge < -0.3 is 0 Å². The Hall–Kier alpha value is 0.669. The molecule has 56 valence electrons. The molecule has 0 fully saturated rings. The van der Waals surface area contributed by atoms with E-state index >= 15 is 0 Å². The van der Waals surface area contributed by atoms with Gasteiger partial charge in [-0.25, -0.2) is 0 Å². The summed E-state index contributed by atoms with van der Waals surface area (Å²) < 4.78 is 5.45. The van der Waals surface area contributed by atoms with Crippen LogP contribution in [0.25, 0.3) is 0 Å². The van der Waals surface area contributed by atoms with Crippen LogP contribution >= 0.6 is 6.19 Å². The van der Waals surface area contributed by atoms with Crippen molar-refractivity contribution in [1.29, 1.82) is 0 Å². The van der Waals surface area contributed by atoms with Crippen molar-refractivity contribution in [2.24, 2.45) is 0 Å². The van der Waals surface area contributed by atoms with Gasteiger partial charge in [0.2, 0.25) is 0 Å². The molecular formula is C4H5O3PSe2. The Morgan fingerprint density at radius 1 is 1.60 bits per heavy atom. The Kier molecular flexibility index (Phi) is 2.96. The topological polar surface area (TPSA) is 49.7 Å². The van der Waals surface area contributed by atoms with Crippen molar-refractivity contribution in [2.75, 3.05) is 0 Å². The van der Waals surface area contributed by atoms with E-state index in [4.69, 9.17) is 14.3 Å². The van der Waals surface area contributed by atoms with Crippen LogP contribution in [0.4, 0.5) is 0 Å². The monoisotopic (exact) mass is 292 g/mol. The van der Waals surface area contributed by atoms with Gasteiger partial charge in [0.05, 0.1) is 0 Å². The zero-order valence-electron chi connectivity index (χ0n) is 4.80. The molecule has 0 spiro atoms. The first-order valence-electron chi connectivity index (χ1n) is 2.36. The Morgan fingerprint density at radius 3 is 2.70 bits per heavy atom. The zero-order valence-corrected chi connectivity index (χ0v) is 9.12. The average molecular weight is 290 g/mol. The van der Waals surface area contributed by atoms with E-state index in [0.717, 1.165) is 0 Å². The van der Waals surface area contributed by atoms with E-state index in [1.807, 2.05) is 11.0 Å². The van der Waals surface area contributed by atoms with Gasteiger partial charge >= 0.3 is 71.8 Å². The Morgan fingerprint density at radius 2 is 2.30 bits per heavy atom. The van der Waals surface area contributed by atoms with E-state index in [9.17, 15) is 0 Å². The van der Waals surface area contributed by atoms with Gasteiger partial charge in [-0.15, -0.1) is 0 Å². The van der Waals surface area contributed by atoms with Crippen molar-refractivity contribution in [2.45, 2.75) is 0 Å². The fourth-order valence-corrected chi connectivity index (χ4v) is 3.86. The zero-order chi connectivity index (χ0) is 7.61. The minimum atomic E-state index is -3.18. The molecule has 0 aliphatic rings. The fourth-order valence-electron chi connectivity index (χ4n) is 0.433. The summed E-state index contributed by atoms with van der Waals surface area (Å²) in [7, 11) is 0. The van der Waals surface area contributed by atoms with Gasteiger partial charge in [-0.3, -0.25) is 0 Å². The summed E-state index contributed by atoms with van der Waals surface area (Å²) in [4.78, 5) is 19.6. The summed E-state index contributed by atoms with van der Waals surface area (Å²) in [6.45, 7) is 0. The molecule has 1 heterocycles. The summed E-state index contributed by atoms with van der Waals surface area (Å²) in [5, 5.41) is 0. The van der Waals surface area contributed by atoms with E-state index in [1.54, 1.807) is 6.07 Å². The van der Waals surface area contributed by atoms with Crippen LogP contribution in [0.5, 0.6) is 4.62 Å². The van der Waals surface area contributed by atoms with Crippen LogP contribution in [0.2, 0.25) is 0 Å². The molecule has 1 rings (SSSR count). The minimum absolute atomic E-state index is 0.139. The molecule has 0 aliphatic heterocycles. The summed E-state index contributed by atoms with van der Waals surface area (Å²) in [6.07, 6.45) is -3.18. The molecule has 0 bridgehead atoms. The second kappa shape index (κ2) is 3.38. The fraction of sp³-hybridized carbons (Fsp3) is 0. The molecule has 0 aromatic carbocycles. The average Bonchev–Trinajstić information content (AvgIpc) is 2.12. The number of hydrogen-bond donors (Lipinski definition) is 2. The first-order valence-corrected chi connectivity index (χ1v) is 8.04. The second-order valence-electron chi connectivity index (χ2n) is 1.51. The first-order chi connectivity index (χ1) is 4.58. The third-order valence-electron chi connectivity index (χ3n) is 0.704. The Labute approximate surface area is 71.9 Å². The first kappa shape index (κ1) is 8.76. The molecule has 0 atom stereocenters. The van der Waals surface area contributed by atoms with Gasteiger partial charge in [-0.2, -0.15) is 0 Å². The van der Waals surface area contributed by atoms with Crippen LogP contribution in [-0.2, 0) is 0 Å². The molecule has 2 N–H and O–H groups in total. The van der Waals surface area contributed by atoms with Gasteiger partial charge in [0.25, 0.3) is 0 Å². The number of rotatable bonds is 2. The van der Waals surface area contributed by atoms with E-state index in [0.29, 0.717) is 4.62 Å². The van der Waals surface area contributed by atoms with Gasteiger partial charge in [0.1, 0.15) is 0 Å². The van der Waals surface area contributed by atoms with Crippen molar-refractivity contribution >= 4 is 35.8 Å². The van der Waals surface area contributed by atoms with Crippen molar-refractivity contribution in [3.63, 3.8) is 0 Å². The predicted octanol–water partition coefficient (Wildman–Crippen LogP) is -0.0469. The van der Waals surface area contributed by atoms with Crippen molar-refractivity contribution in [3.8, 4) is 4.62 Å². The SMILES string of the molecule is OP(O)(=[Se])Oc1ccc[se]1. The normalized spacial score (nSPS) is 11.4. The third-order valence-corrected chi connectivity index (χ3v) is 3.45. The van der Waals surface area contributed by atoms with Gasteiger partial charge in [0, 0.05) is 0 Å². The number of hydrogen-bond acceptors (Lipinski definition) is 3. The molecule has 0 saturated heterocycles. The molecule has 1 aromatic heterocycles. The molecule has 1 aromatic rings. The van der Waals surface area contributed by atoms with Crippen LogP contribution in [0.3, 0.4) is 0 Å². The van der Waals surface area contributed by atoms with Crippen LogP contribution in [-0.4, -0.2) is 39.4 Å². The maximum atomic E-state index is 8.81. The molecular weight excluding hydrogens is 285 g/mol. The van der Waals surface area contributed by atoms with Crippen LogP contribution in [0, 0.1) is 0 Å². The van der Waals surface area contributed by atoms with Gasteiger partial charge in [-0.1, -0.05) is 0 Å². The van der Waals surface area contributed by atoms with Gasteiger partial charge in [0.15, 0.2) is 0 Å². The molecule has 0 radical (unpaired) electrons. The molecule has 0 unspecified atom stereocenters. The Balaban J connectivity index is 2.66. The Bertz CT molecular complexity index is 239.